The number of hydrogen-bond donors (Lipinski definition) is 1. The molecule has 0 spiro atoms. The van der Waals surface area contributed by atoms with Gasteiger partial charge < -0.3 is 19.9 Å². The van der Waals surface area contributed by atoms with E-state index in [9.17, 15) is 9.59 Å². The van der Waals surface area contributed by atoms with Crippen LogP contribution in [0.15, 0.2) is 54.1 Å². The molecule has 0 atom stereocenters. The number of carbonyl (C=O) groups excluding carboxylic acids is 2. The van der Waals surface area contributed by atoms with Gasteiger partial charge in [0.15, 0.2) is 0 Å². The predicted octanol–water partition coefficient (Wildman–Crippen LogP) is 6.22. The van der Waals surface area contributed by atoms with Crippen molar-refractivity contribution in [2.45, 2.75) is 58.5 Å². The summed E-state index contributed by atoms with van der Waals surface area (Å²) in [4.78, 5) is 28.5. The number of unbranched alkanes of at least 4 members (excludes halogenated alkanes) is 1. The fourth-order valence-electron chi connectivity index (χ4n) is 5.22. The van der Waals surface area contributed by atoms with Gasteiger partial charge >= 0.3 is 6.09 Å². The van der Waals surface area contributed by atoms with Crippen LogP contribution in [-0.4, -0.2) is 67.2 Å². The first kappa shape index (κ1) is 28.6. The maximum atomic E-state index is 12.4. The van der Waals surface area contributed by atoms with Crippen LogP contribution in [0.4, 0.5) is 4.79 Å². The Morgan fingerprint density at radius 2 is 1.51 bits per heavy atom. The molecule has 0 saturated carbocycles. The number of benzene rings is 2. The molecule has 1 aliphatic carbocycles. The molecule has 1 aliphatic heterocycles. The fraction of sp³-hybridized carbons (Fsp3) is 0.455. The largest absolute Gasteiger partial charge is 0.444 e. The monoisotopic (exact) mass is 529 g/mol. The number of piperidine rings is 1. The molecule has 1 heterocycles. The Bertz CT molecular complexity index is 1160. The van der Waals surface area contributed by atoms with E-state index in [2.05, 4.69) is 70.9 Å². The summed E-state index contributed by atoms with van der Waals surface area (Å²) in [5.41, 5.74) is 7.59. The summed E-state index contributed by atoms with van der Waals surface area (Å²) in [6.07, 6.45) is 8.35. The first-order valence-corrected chi connectivity index (χ1v) is 14.2. The number of nitrogens with zero attached hydrogens (tertiary/aromatic N) is 2. The highest BCUT2D eigenvalue weighted by molar-refractivity contribution is 5.94. The predicted molar refractivity (Wildman–Crippen MR) is 159 cm³/mol. The van der Waals surface area contributed by atoms with Crippen LogP contribution in [0.25, 0.3) is 17.7 Å². The third-order valence-corrected chi connectivity index (χ3v) is 7.32. The van der Waals surface area contributed by atoms with Crippen molar-refractivity contribution in [1.82, 2.24) is 15.1 Å². The van der Waals surface area contributed by atoms with Crippen molar-refractivity contribution in [2.75, 3.05) is 39.8 Å². The first-order valence-electron chi connectivity index (χ1n) is 14.2. The minimum atomic E-state index is -0.490. The van der Waals surface area contributed by atoms with Gasteiger partial charge in [-0.2, -0.15) is 0 Å². The summed E-state index contributed by atoms with van der Waals surface area (Å²) < 4.78 is 5.37. The maximum Gasteiger partial charge on any atom is 0.410 e. The summed E-state index contributed by atoms with van der Waals surface area (Å²) in [7, 11) is 1.75. The summed E-state index contributed by atoms with van der Waals surface area (Å²) in [5.74, 6) is 0.0948. The van der Waals surface area contributed by atoms with Crippen molar-refractivity contribution in [3.8, 4) is 0 Å². The summed E-state index contributed by atoms with van der Waals surface area (Å²) >= 11 is 0. The van der Waals surface area contributed by atoms with E-state index in [-0.39, 0.29) is 12.0 Å². The summed E-state index contributed by atoms with van der Waals surface area (Å²) in [6, 6.07) is 17.4. The number of ether oxygens (including phenoxy) is 1. The van der Waals surface area contributed by atoms with Gasteiger partial charge in [-0.1, -0.05) is 66.3 Å². The zero-order valence-electron chi connectivity index (χ0n) is 24.0. The van der Waals surface area contributed by atoms with Crippen LogP contribution in [0.5, 0.6) is 0 Å². The molecule has 208 valence electrons. The molecule has 2 aliphatic rings. The minimum Gasteiger partial charge on any atom is -0.444 e. The van der Waals surface area contributed by atoms with Gasteiger partial charge in [0.2, 0.25) is 5.91 Å². The van der Waals surface area contributed by atoms with Crippen molar-refractivity contribution in [3.63, 3.8) is 0 Å². The van der Waals surface area contributed by atoms with Crippen molar-refractivity contribution in [3.05, 3.63) is 76.4 Å². The molecule has 2 amide bonds. The van der Waals surface area contributed by atoms with E-state index in [0.717, 1.165) is 45.3 Å². The topological polar surface area (TPSA) is 61.9 Å². The highest BCUT2D eigenvalue weighted by Crippen LogP contribution is 2.38. The van der Waals surface area contributed by atoms with Gasteiger partial charge in [-0.15, -0.1) is 0 Å². The van der Waals surface area contributed by atoms with Gasteiger partial charge in [0.05, 0.1) is 0 Å². The van der Waals surface area contributed by atoms with Crippen LogP contribution in [0.1, 0.15) is 75.1 Å². The van der Waals surface area contributed by atoms with Crippen LogP contribution in [0.3, 0.4) is 0 Å². The lowest BCUT2D eigenvalue weighted by Crippen LogP contribution is -2.36. The van der Waals surface area contributed by atoms with Gasteiger partial charge in [0, 0.05) is 46.2 Å². The molecule has 1 saturated heterocycles. The average Bonchev–Trinajstić information content (AvgIpc) is 3.08. The lowest BCUT2D eigenvalue weighted by Gasteiger charge is -2.30. The number of rotatable bonds is 8. The summed E-state index contributed by atoms with van der Waals surface area (Å²) in [5, 5.41) is 3.04. The third kappa shape index (κ3) is 8.06. The first-order chi connectivity index (χ1) is 18.7. The van der Waals surface area contributed by atoms with Gasteiger partial charge in [-0.3, -0.25) is 4.79 Å². The van der Waals surface area contributed by atoms with E-state index in [1.54, 1.807) is 11.9 Å². The molecule has 39 heavy (non-hydrogen) atoms. The molecule has 6 nitrogen and oxygen atoms in total. The lowest BCUT2D eigenvalue weighted by molar-refractivity contribution is -0.121. The molecular formula is C33H43N3O3. The zero-order chi connectivity index (χ0) is 27.8. The van der Waals surface area contributed by atoms with Crippen molar-refractivity contribution < 1.29 is 14.3 Å². The SMILES string of the molecule is CN(CCCCNC(=O)CCN1CCC(=C2c3ccccc3C=Cc3ccccc32)CC1)C(=O)OC(C)(C)C. The van der Waals surface area contributed by atoms with Crippen LogP contribution >= 0.6 is 0 Å². The van der Waals surface area contributed by atoms with Crippen LogP contribution in [0.2, 0.25) is 0 Å². The summed E-state index contributed by atoms with van der Waals surface area (Å²) in [6.45, 7) is 9.56. The quantitative estimate of drug-likeness (QED) is 0.352. The standard InChI is InChI=1S/C33H43N3O3/c1-33(2,3)39-32(38)35(4)21-10-9-20-34-30(37)19-24-36-22-17-27(18-23-36)31-28-13-7-5-11-25(28)15-16-26-12-6-8-14-29(26)31/h5-8,11-16H,9-10,17-24H2,1-4H3,(H,34,37). The van der Waals surface area contributed by atoms with Gasteiger partial charge in [-0.25, -0.2) is 4.79 Å². The molecule has 0 aromatic heterocycles. The molecule has 0 radical (unpaired) electrons. The highest BCUT2D eigenvalue weighted by Gasteiger charge is 2.23. The second kappa shape index (κ2) is 13.1. The van der Waals surface area contributed by atoms with Crippen LogP contribution in [-0.2, 0) is 9.53 Å². The van der Waals surface area contributed by atoms with Crippen molar-refractivity contribution in [2.24, 2.45) is 0 Å². The van der Waals surface area contributed by atoms with Gasteiger partial charge in [0.25, 0.3) is 0 Å². The fourth-order valence-corrected chi connectivity index (χ4v) is 5.22. The van der Waals surface area contributed by atoms with E-state index in [1.165, 1.54) is 33.4 Å². The normalized spacial score (nSPS) is 15.3. The molecule has 2 aromatic rings. The smallest absolute Gasteiger partial charge is 0.410 e. The van der Waals surface area contributed by atoms with E-state index >= 15 is 0 Å². The van der Waals surface area contributed by atoms with Crippen LogP contribution in [0, 0.1) is 0 Å². The molecule has 0 unspecified atom stereocenters. The molecule has 2 aromatic carbocycles. The number of fused-ring (bicyclic) bond motifs is 2. The zero-order valence-corrected chi connectivity index (χ0v) is 24.0. The highest BCUT2D eigenvalue weighted by atomic mass is 16.6. The van der Waals surface area contributed by atoms with E-state index in [1.807, 2.05) is 20.8 Å². The van der Waals surface area contributed by atoms with E-state index in [0.29, 0.717) is 19.5 Å². The number of likely N-dealkylation sites (tertiary alicyclic amines) is 1. The van der Waals surface area contributed by atoms with Crippen molar-refractivity contribution >= 4 is 29.7 Å². The van der Waals surface area contributed by atoms with E-state index in [4.69, 9.17) is 4.74 Å². The average molecular weight is 530 g/mol. The van der Waals surface area contributed by atoms with Crippen LogP contribution < -0.4 is 5.32 Å². The minimum absolute atomic E-state index is 0.0948. The second-order valence-electron chi connectivity index (χ2n) is 11.5. The Hall–Kier alpha value is -3.38. The lowest BCUT2D eigenvalue weighted by atomic mass is 9.86. The molecule has 1 N–H and O–H groups in total. The number of amides is 2. The Kier molecular flexibility index (Phi) is 9.63. The Balaban J connectivity index is 1.22. The number of carbonyl (C=O) groups is 2. The number of nitrogens with one attached hydrogen (secondary N) is 1. The van der Waals surface area contributed by atoms with Gasteiger partial charge in [-0.05, 0) is 74.3 Å². The Labute approximate surface area is 233 Å². The number of hydrogen-bond acceptors (Lipinski definition) is 4. The molecule has 1 fully saturated rings. The van der Waals surface area contributed by atoms with E-state index < -0.39 is 5.60 Å². The Morgan fingerprint density at radius 3 is 2.10 bits per heavy atom. The maximum absolute atomic E-state index is 12.4. The molecule has 6 heteroatoms. The third-order valence-electron chi connectivity index (χ3n) is 7.32. The molecule has 0 bridgehead atoms. The van der Waals surface area contributed by atoms with Crippen molar-refractivity contribution in [1.29, 1.82) is 0 Å². The molecular weight excluding hydrogens is 486 g/mol. The molecule has 4 rings (SSSR count). The Morgan fingerprint density at radius 1 is 0.923 bits per heavy atom. The van der Waals surface area contributed by atoms with Gasteiger partial charge in [0.1, 0.15) is 5.60 Å². The second-order valence-corrected chi connectivity index (χ2v) is 11.5.